The summed E-state index contributed by atoms with van der Waals surface area (Å²) in [5.41, 5.74) is -0.0770. The zero-order valence-electron chi connectivity index (χ0n) is 10.5. The second kappa shape index (κ2) is 5.64. The smallest absolute Gasteiger partial charge is 0.354 e. The van der Waals surface area contributed by atoms with Gasteiger partial charge in [0.25, 0.3) is 0 Å². The minimum absolute atomic E-state index is 0.0770. The fourth-order valence-electron chi connectivity index (χ4n) is 1.56. The standard InChI is InChI=1S/C13H11NO4S2/c1-20(17,18)12-5-3-2-4-11(12)19-9-6-7-14-10(8-9)13(15)16/h2-8H,1H3,(H,15,16). The Hall–Kier alpha value is -1.86. The Balaban J connectivity index is 2.41. The van der Waals surface area contributed by atoms with Gasteiger partial charge < -0.3 is 5.11 Å². The number of hydrogen-bond donors (Lipinski definition) is 1. The van der Waals surface area contributed by atoms with Crippen molar-refractivity contribution in [2.24, 2.45) is 0 Å². The number of benzene rings is 1. The topological polar surface area (TPSA) is 84.3 Å². The van der Waals surface area contributed by atoms with Crippen LogP contribution in [0.5, 0.6) is 0 Å². The van der Waals surface area contributed by atoms with Crippen molar-refractivity contribution in [3.63, 3.8) is 0 Å². The summed E-state index contributed by atoms with van der Waals surface area (Å²) in [6, 6.07) is 9.63. The molecule has 0 aliphatic heterocycles. The van der Waals surface area contributed by atoms with E-state index in [4.69, 9.17) is 5.11 Å². The predicted molar refractivity (Wildman–Crippen MR) is 74.9 cm³/mol. The average molecular weight is 309 g/mol. The normalized spacial score (nSPS) is 11.2. The lowest BCUT2D eigenvalue weighted by molar-refractivity contribution is 0.0690. The second-order valence-corrected chi connectivity index (χ2v) is 7.10. The van der Waals surface area contributed by atoms with E-state index in [9.17, 15) is 13.2 Å². The van der Waals surface area contributed by atoms with Gasteiger partial charge in [0.05, 0.1) is 4.90 Å². The molecule has 2 rings (SSSR count). The van der Waals surface area contributed by atoms with Gasteiger partial charge in [0, 0.05) is 22.2 Å². The monoisotopic (exact) mass is 309 g/mol. The molecule has 1 aromatic heterocycles. The van der Waals surface area contributed by atoms with Crippen LogP contribution in [-0.2, 0) is 9.84 Å². The Morgan fingerprint density at radius 3 is 2.60 bits per heavy atom. The lowest BCUT2D eigenvalue weighted by Gasteiger charge is -2.07. The molecule has 0 aliphatic carbocycles. The molecular formula is C13H11NO4S2. The molecule has 104 valence electrons. The van der Waals surface area contributed by atoms with Crippen molar-refractivity contribution < 1.29 is 18.3 Å². The maximum Gasteiger partial charge on any atom is 0.354 e. The molecule has 0 atom stereocenters. The molecule has 1 aromatic carbocycles. The number of carboxylic acids is 1. The summed E-state index contributed by atoms with van der Waals surface area (Å²) < 4.78 is 23.4. The summed E-state index contributed by atoms with van der Waals surface area (Å²) in [6.07, 6.45) is 2.52. The number of carboxylic acid groups (broad SMARTS) is 1. The van der Waals surface area contributed by atoms with Gasteiger partial charge in [0.1, 0.15) is 5.69 Å². The van der Waals surface area contributed by atoms with Gasteiger partial charge in [-0.15, -0.1) is 0 Å². The van der Waals surface area contributed by atoms with E-state index in [0.717, 1.165) is 6.26 Å². The van der Waals surface area contributed by atoms with Crippen LogP contribution in [0.2, 0.25) is 0 Å². The quantitative estimate of drug-likeness (QED) is 0.933. The molecule has 0 aliphatic rings. The van der Waals surface area contributed by atoms with Gasteiger partial charge in [0.2, 0.25) is 0 Å². The van der Waals surface area contributed by atoms with E-state index < -0.39 is 15.8 Å². The summed E-state index contributed by atoms with van der Waals surface area (Å²) in [6.45, 7) is 0. The average Bonchev–Trinajstić information content (AvgIpc) is 2.38. The van der Waals surface area contributed by atoms with Gasteiger partial charge in [-0.2, -0.15) is 0 Å². The first-order valence-corrected chi connectivity index (χ1v) is 8.25. The van der Waals surface area contributed by atoms with Crippen molar-refractivity contribution >= 4 is 27.6 Å². The van der Waals surface area contributed by atoms with Crippen molar-refractivity contribution in [1.29, 1.82) is 0 Å². The van der Waals surface area contributed by atoms with Gasteiger partial charge in [0.15, 0.2) is 9.84 Å². The summed E-state index contributed by atoms with van der Waals surface area (Å²) in [7, 11) is -3.33. The zero-order chi connectivity index (χ0) is 14.8. The summed E-state index contributed by atoms with van der Waals surface area (Å²) in [5, 5.41) is 8.89. The molecule has 2 aromatic rings. The van der Waals surface area contributed by atoms with Crippen LogP contribution < -0.4 is 0 Å². The maximum atomic E-state index is 11.7. The van der Waals surface area contributed by atoms with E-state index >= 15 is 0 Å². The lowest BCUT2D eigenvalue weighted by Crippen LogP contribution is -2.00. The number of sulfone groups is 1. The number of rotatable bonds is 4. The number of aromatic carboxylic acids is 1. The van der Waals surface area contributed by atoms with Crippen molar-refractivity contribution in [2.45, 2.75) is 14.7 Å². The van der Waals surface area contributed by atoms with Crippen LogP contribution in [0.4, 0.5) is 0 Å². The molecule has 0 spiro atoms. The van der Waals surface area contributed by atoms with Crippen LogP contribution in [-0.4, -0.2) is 30.7 Å². The molecule has 1 heterocycles. The molecule has 0 saturated heterocycles. The van der Waals surface area contributed by atoms with Crippen LogP contribution in [0.25, 0.3) is 0 Å². The highest BCUT2D eigenvalue weighted by Gasteiger charge is 2.14. The van der Waals surface area contributed by atoms with Crippen LogP contribution in [0, 0.1) is 0 Å². The van der Waals surface area contributed by atoms with Crippen LogP contribution in [0.15, 0.2) is 57.3 Å². The molecular weight excluding hydrogens is 298 g/mol. The van der Waals surface area contributed by atoms with Gasteiger partial charge in [-0.05, 0) is 24.3 Å². The first-order chi connectivity index (χ1) is 9.38. The molecule has 7 heteroatoms. The van der Waals surface area contributed by atoms with Crippen molar-refractivity contribution in [2.75, 3.05) is 6.26 Å². The van der Waals surface area contributed by atoms with Gasteiger partial charge in [-0.1, -0.05) is 23.9 Å². The van der Waals surface area contributed by atoms with Gasteiger partial charge >= 0.3 is 5.97 Å². The first-order valence-electron chi connectivity index (χ1n) is 5.54. The highest BCUT2D eigenvalue weighted by Crippen LogP contribution is 2.32. The molecule has 5 nitrogen and oxygen atoms in total. The number of aromatic nitrogens is 1. The summed E-state index contributed by atoms with van der Waals surface area (Å²) in [5.74, 6) is -1.12. The molecule has 0 fully saturated rings. The highest BCUT2D eigenvalue weighted by atomic mass is 32.2. The summed E-state index contributed by atoms with van der Waals surface area (Å²) in [4.78, 5) is 16.0. The van der Waals surface area contributed by atoms with E-state index in [1.54, 1.807) is 24.3 Å². The van der Waals surface area contributed by atoms with Gasteiger partial charge in [-0.25, -0.2) is 18.2 Å². The number of carbonyl (C=O) groups is 1. The summed E-state index contributed by atoms with van der Waals surface area (Å²) >= 11 is 1.19. The Labute approximate surface area is 120 Å². The van der Waals surface area contributed by atoms with Crippen molar-refractivity contribution in [3.8, 4) is 0 Å². The SMILES string of the molecule is CS(=O)(=O)c1ccccc1Sc1ccnc(C(=O)O)c1. The van der Waals surface area contributed by atoms with E-state index in [1.807, 2.05) is 0 Å². The fraction of sp³-hybridized carbons (Fsp3) is 0.0769. The third-order valence-electron chi connectivity index (χ3n) is 2.43. The molecule has 0 unspecified atom stereocenters. The minimum Gasteiger partial charge on any atom is -0.477 e. The Kier molecular flexibility index (Phi) is 4.10. The van der Waals surface area contributed by atoms with Crippen molar-refractivity contribution in [3.05, 3.63) is 48.3 Å². The lowest BCUT2D eigenvalue weighted by atomic mass is 10.3. The first kappa shape index (κ1) is 14.5. The Bertz CT molecular complexity index is 756. The minimum atomic E-state index is -3.33. The van der Waals surface area contributed by atoms with E-state index in [0.29, 0.717) is 9.79 Å². The third-order valence-corrected chi connectivity index (χ3v) is 4.78. The molecule has 0 radical (unpaired) electrons. The second-order valence-electron chi connectivity index (χ2n) is 4.00. The van der Waals surface area contributed by atoms with E-state index in [2.05, 4.69) is 4.98 Å². The van der Waals surface area contributed by atoms with Crippen LogP contribution in [0.1, 0.15) is 10.5 Å². The third kappa shape index (κ3) is 3.37. The molecule has 1 N–H and O–H groups in total. The predicted octanol–water partition coefficient (Wildman–Crippen LogP) is 2.33. The molecule has 20 heavy (non-hydrogen) atoms. The van der Waals surface area contributed by atoms with Crippen molar-refractivity contribution in [1.82, 2.24) is 4.98 Å². The number of hydrogen-bond acceptors (Lipinski definition) is 5. The zero-order valence-corrected chi connectivity index (χ0v) is 12.1. The fourth-order valence-corrected chi connectivity index (χ4v) is 3.77. The molecule has 0 amide bonds. The number of nitrogens with zero attached hydrogens (tertiary/aromatic N) is 1. The molecule has 0 saturated carbocycles. The van der Waals surface area contributed by atoms with Crippen LogP contribution >= 0.6 is 11.8 Å². The maximum absolute atomic E-state index is 11.7. The highest BCUT2D eigenvalue weighted by molar-refractivity contribution is 8.00. The largest absolute Gasteiger partial charge is 0.477 e. The van der Waals surface area contributed by atoms with E-state index in [1.165, 1.54) is 30.1 Å². The Morgan fingerprint density at radius 2 is 1.95 bits per heavy atom. The Morgan fingerprint density at radius 1 is 1.25 bits per heavy atom. The number of pyridine rings is 1. The molecule has 0 bridgehead atoms. The van der Waals surface area contributed by atoms with Crippen LogP contribution in [0.3, 0.4) is 0 Å². The van der Waals surface area contributed by atoms with E-state index in [-0.39, 0.29) is 10.6 Å². The van der Waals surface area contributed by atoms with Gasteiger partial charge in [-0.3, -0.25) is 0 Å².